The highest BCUT2D eigenvalue weighted by molar-refractivity contribution is 8.00. The van der Waals surface area contributed by atoms with Crippen molar-refractivity contribution in [3.05, 3.63) is 72.7 Å². The molecular weight excluding hydrogens is 578 g/mol. The van der Waals surface area contributed by atoms with Gasteiger partial charge in [0.25, 0.3) is 5.69 Å². The SMILES string of the molecule is COc1cc(C2c3sc(=O)[nH]c3SC3C2[C@H]2C[C@@H]3C3C(=O)N(c4ccc([N+](=O)[O-])cc4)C(=O)C32)ccc1OCC(C)C. The highest BCUT2D eigenvalue weighted by Gasteiger charge is 2.69. The van der Waals surface area contributed by atoms with Gasteiger partial charge in [0.1, 0.15) is 0 Å². The Balaban J connectivity index is 1.26. The first kappa shape index (κ1) is 27.2. The number of anilines is 1. The van der Waals surface area contributed by atoms with Crippen molar-refractivity contribution in [3.8, 4) is 11.5 Å². The average molecular weight is 608 g/mol. The molecule has 5 unspecified atom stereocenters. The molecule has 1 saturated heterocycles. The van der Waals surface area contributed by atoms with E-state index in [1.54, 1.807) is 18.9 Å². The number of nitro benzene ring substituents is 1. The first-order valence-corrected chi connectivity index (χ1v) is 15.7. The Morgan fingerprint density at radius 3 is 2.43 bits per heavy atom. The van der Waals surface area contributed by atoms with Gasteiger partial charge in [-0.15, -0.1) is 11.8 Å². The van der Waals surface area contributed by atoms with Gasteiger partial charge in [-0.1, -0.05) is 31.3 Å². The van der Waals surface area contributed by atoms with Gasteiger partial charge in [-0.05, 0) is 59.9 Å². The Morgan fingerprint density at radius 1 is 1.05 bits per heavy atom. The number of carbonyl (C=O) groups is 2. The first-order valence-electron chi connectivity index (χ1n) is 14.0. The van der Waals surface area contributed by atoms with Crippen LogP contribution < -0.4 is 19.2 Å². The smallest absolute Gasteiger partial charge is 0.305 e. The number of carbonyl (C=O) groups excluding carboxylic acids is 2. The molecule has 3 heterocycles. The summed E-state index contributed by atoms with van der Waals surface area (Å²) >= 11 is 2.84. The molecule has 218 valence electrons. The Bertz CT molecular complexity index is 1670. The summed E-state index contributed by atoms with van der Waals surface area (Å²) in [5, 5.41) is 12.0. The number of nitrogens with one attached hydrogen (secondary N) is 1. The summed E-state index contributed by atoms with van der Waals surface area (Å²) in [7, 11) is 1.61. The number of fused-ring (bicyclic) bond motifs is 9. The number of nitrogens with zero attached hydrogens (tertiary/aromatic N) is 2. The standard InChI is InChI=1S/C30H29N3O7S2/c1-13(2)12-40-19-9-4-14(10-20(19)39-3)21-22-17-11-18(25(22)41-27-26(21)42-30(36)31-27)24-23(17)28(34)32(29(24)35)15-5-7-16(8-6-15)33(37)38/h4-10,13,17-18,21-25H,11-12H2,1-3H3,(H,31,36)/t17-,18-,21?,22?,23?,24?,25?/m1/s1. The van der Waals surface area contributed by atoms with Crippen LogP contribution in [0.2, 0.25) is 0 Å². The van der Waals surface area contributed by atoms with E-state index in [9.17, 15) is 24.5 Å². The van der Waals surface area contributed by atoms with Gasteiger partial charge in [0.05, 0.1) is 41.2 Å². The van der Waals surface area contributed by atoms with Crippen LogP contribution in [0.3, 0.4) is 0 Å². The highest BCUT2D eigenvalue weighted by Crippen LogP contribution is 2.68. The largest absolute Gasteiger partial charge is 0.493 e. The predicted octanol–water partition coefficient (Wildman–Crippen LogP) is 5.07. The maximum Gasteiger partial charge on any atom is 0.305 e. The van der Waals surface area contributed by atoms with Gasteiger partial charge in [0, 0.05) is 28.2 Å². The number of thioether (sulfide) groups is 1. The molecule has 2 amide bonds. The second kappa shape index (κ2) is 9.98. The molecular formula is C30H29N3O7S2. The monoisotopic (exact) mass is 607 g/mol. The lowest BCUT2D eigenvalue weighted by molar-refractivity contribution is -0.384. The third-order valence-electron chi connectivity index (χ3n) is 9.16. The molecule has 1 aromatic heterocycles. The van der Waals surface area contributed by atoms with Crippen molar-refractivity contribution in [2.75, 3.05) is 18.6 Å². The van der Waals surface area contributed by atoms with Gasteiger partial charge < -0.3 is 14.5 Å². The van der Waals surface area contributed by atoms with Crippen LogP contribution in [-0.2, 0) is 9.59 Å². The molecule has 10 nitrogen and oxygen atoms in total. The van der Waals surface area contributed by atoms with Gasteiger partial charge in [0.15, 0.2) is 11.5 Å². The topological polar surface area (TPSA) is 132 Å². The molecule has 3 fully saturated rings. The fourth-order valence-corrected chi connectivity index (χ4v) is 10.5. The van der Waals surface area contributed by atoms with E-state index in [1.165, 1.54) is 40.5 Å². The summed E-state index contributed by atoms with van der Waals surface area (Å²) in [6.07, 6.45) is 0.769. The lowest BCUT2D eigenvalue weighted by Gasteiger charge is -2.43. The zero-order valence-corrected chi connectivity index (χ0v) is 24.8. The van der Waals surface area contributed by atoms with E-state index in [0.29, 0.717) is 29.7 Å². The van der Waals surface area contributed by atoms with Crippen molar-refractivity contribution in [3.63, 3.8) is 0 Å². The van der Waals surface area contributed by atoms with Gasteiger partial charge in [-0.2, -0.15) is 0 Å². The zero-order valence-electron chi connectivity index (χ0n) is 23.1. The van der Waals surface area contributed by atoms with Gasteiger partial charge in [-0.3, -0.25) is 29.4 Å². The van der Waals surface area contributed by atoms with Crippen molar-refractivity contribution in [2.45, 2.75) is 36.5 Å². The van der Waals surface area contributed by atoms with Crippen molar-refractivity contribution in [1.29, 1.82) is 0 Å². The van der Waals surface area contributed by atoms with Crippen molar-refractivity contribution >= 4 is 46.3 Å². The summed E-state index contributed by atoms with van der Waals surface area (Å²) in [6, 6.07) is 11.5. The number of benzene rings is 2. The van der Waals surface area contributed by atoms with Gasteiger partial charge in [-0.25, -0.2) is 0 Å². The number of thiazole rings is 1. The minimum Gasteiger partial charge on any atom is -0.493 e. The molecule has 2 aliphatic heterocycles. The van der Waals surface area contributed by atoms with E-state index in [1.807, 2.05) is 18.2 Å². The Morgan fingerprint density at radius 2 is 1.76 bits per heavy atom. The Labute approximate surface area is 249 Å². The molecule has 7 rings (SSSR count). The summed E-state index contributed by atoms with van der Waals surface area (Å²) in [5.74, 6) is 0.0686. The average Bonchev–Trinajstić information content (AvgIpc) is 3.70. The zero-order chi connectivity index (χ0) is 29.4. The van der Waals surface area contributed by atoms with Crippen molar-refractivity contribution in [1.82, 2.24) is 4.98 Å². The second-order valence-corrected chi connectivity index (χ2v) is 14.1. The van der Waals surface area contributed by atoms with Crippen LogP contribution >= 0.6 is 23.1 Å². The number of nitro groups is 1. The van der Waals surface area contributed by atoms with E-state index in [-0.39, 0.29) is 51.3 Å². The van der Waals surface area contributed by atoms with Gasteiger partial charge in [0.2, 0.25) is 11.8 Å². The van der Waals surface area contributed by atoms with E-state index < -0.39 is 16.8 Å². The number of hydrogen-bond acceptors (Lipinski definition) is 9. The van der Waals surface area contributed by atoms with Crippen LogP contribution in [0.15, 0.2) is 52.3 Å². The number of rotatable bonds is 7. The summed E-state index contributed by atoms with van der Waals surface area (Å²) in [5.41, 5.74) is 1.25. The summed E-state index contributed by atoms with van der Waals surface area (Å²) < 4.78 is 11.7. The Hall–Kier alpha value is -3.64. The number of aromatic amines is 1. The maximum atomic E-state index is 13.9. The summed E-state index contributed by atoms with van der Waals surface area (Å²) in [4.78, 5) is 56.0. The van der Waals surface area contributed by atoms with E-state index in [0.717, 1.165) is 21.9 Å². The van der Waals surface area contributed by atoms with E-state index in [4.69, 9.17) is 9.47 Å². The van der Waals surface area contributed by atoms with Crippen LogP contribution in [0.1, 0.15) is 36.6 Å². The van der Waals surface area contributed by atoms with Crippen LogP contribution in [0.4, 0.5) is 11.4 Å². The molecule has 0 spiro atoms. The molecule has 2 saturated carbocycles. The van der Waals surface area contributed by atoms with Crippen molar-refractivity contribution in [2.24, 2.45) is 35.5 Å². The molecule has 0 radical (unpaired) electrons. The normalized spacial score (nSPS) is 29.0. The van der Waals surface area contributed by atoms with Gasteiger partial charge >= 0.3 is 4.87 Å². The first-order chi connectivity index (χ1) is 20.2. The quantitative estimate of drug-likeness (QED) is 0.224. The van der Waals surface area contributed by atoms with E-state index in [2.05, 4.69) is 18.8 Å². The number of methoxy groups -OCH3 is 1. The molecule has 2 bridgehead atoms. The van der Waals surface area contributed by atoms with Crippen LogP contribution in [-0.4, -0.2) is 40.7 Å². The minimum atomic E-state index is -0.505. The molecule has 42 heavy (non-hydrogen) atoms. The number of ether oxygens (including phenoxy) is 2. The number of non-ortho nitro benzene ring substituents is 1. The molecule has 7 atom stereocenters. The molecule has 2 aliphatic carbocycles. The van der Waals surface area contributed by atoms with Crippen molar-refractivity contribution < 1.29 is 24.0 Å². The van der Waals surface area contributed by atoms with Crippen LogP contribution in [0, 0.1) is 45.6 Å². The lowest BCUT2D eigenvalue weighted by atomic mass is 9.68. The number of H-pyrrole nitrogens is 1. The molecule has 2 aromatic carbocycles. The third kappa shape index (κ3) is 4.02. The Kier molecular flexibility index (Phi) is 6.46. The van der Waals surface area contributed by atoms with Crippen LogP contribution in [0.5, 0.6) is 11.5 Å². The van der Waals surface area contributed by atoms with E-state index >= 15 is 0 Å². The third-order valence-corrected chi connectivity index (χ3v) is 11.7. The highest BCUT2D eigenvalue weighted by atomic mass is 32.2. The number of imide groups is 1. The number of aromatic nitrogens is 1. The van der Waals surface area contributed by atoms with Crippen LogP contribution in [0.25, 0.3) is 0 Å². The number of amides is 2. The molecule has 12 heteroatoms. The lowest BCUT2D eigenvalue weighted by Crippen LogP contribution is -2.42. The summed E-state index contributed by atoms with van der Waals surface area (Å²) in [6.45, 7) is 4.71. The predicted molar refractivity (Wildman–Crippen MR) is 157 cm³/mol. The fraction of sp³-hybridized carbons (Fsp3) is 0.433. The number of hydrogen-bond donors (Lipinski definition) is 1. The second-order valence-electron chi connectivity index (χ2n) is 11.9. The molecule has 3 aromatic rings. The minimum absolute atomic E-state index is 0.0240. The fourth-order valence-electron chi connectivity index (χ4n) is 7.62. The molecule has 4 aliphatic rings. The maximum absolute atomic E-state index is 13.9. The molecule has 1 N–H and O–H groups in total.